The lowest BCUT2D eigenvalue weighted by Gasteiger charge is -2.39. The number of halogens is 1. The molecule has 0 aromatic heterocycles. The Morgan fingerprint density at radius 3 is 2.60 bits per heavy atom. The molecule has 15 heavy (non-hydrogen) atoms. The van der Waals surface area contributed by atoms with Crippen LogP contribution < -0.4 is 0 Å². The largest absolute Gasteiger partial charge is 0.339 e. The molecule has 0 spiro atoms. The number of piperidine rings is 1. The van der Waals surface area contributed by atoms with Crippen molar-refractivity contribution < 1.29 is 4.79 Å². The van der Waals surface area contributed by atoms with Gasteiger partial charge in [0.15, 0.2) is 0 Å². The third-order valence-electron chi connectivity index (χ3n) is 2.97. The number of carbonyl (C=O) groups excluding carboxylic acids is 1. The molecule has 1 unspecified atom stereocenters. The highest BCUT2D eigenvalue weighted by Gasteiger charge is 2.32. The second kappa shape index (κ2) is 5.33. The van der Waals surface area contributed by atoms with E-state index < -0.39 is 0 Å². The van der Waals surface area contributed by atoms with Crippen molar-refractivity contribution in [2.45, 2.75) is 52.5 Å². The standard InChI is InChI=1S/C12H22BrNO/c1-12(2,3)11(15)14-9-5-4-6-10(14)7-8-13/h10H,4-9H2,1-3H3. The molecule has 0 bridgehead atoms. The second-order valence-electron chi connectivity index (χ2n) is 5.38. The molecule has 2 nitrogen and oxygen atoms in total. The highest BCUT2D eigenvalue weighted by Crippen LogP contribution is 2.26. The summed E-state index contributed by atoms with van der Waals surface area (Å²) in [6.07, 6.45) is 4.70. The van der Waals surface area contributed by atoms with Crippen molar-refractivity contribution >= 4 is 21.8 Å². The molecule has 0 aromatic rings. The van der Waals surface area contributed by atoms with Crippen molar-refractivity contribution in [1.82, 2.24) is 4.90 Å². The Morgan fingerprint density at radius 1 is 1.40 bits per heavy atom. The number of likely N-dealkylation sites (tertiary alicyclic amines) is 1. The summed E-state index contributed by atoms with van der Waals surface area (Å²) < 4.78 is 0. The third kappa shape index (κ3) is 3.47. The van der Waals surface area contributed by atoms with Gasteiger partial charge in [0.05, 0.1) is 0 Å². The van der Waals surface area contributed by atoms with Gasteiger partial charge < -0.3 is 4.90 Å². The average Bonchev–Trinajstić information content (AvgIpc) is 2.17. The molecule has 0 aliphatic carbocycles. The summed E-state index contributed by atoms with van der Waals surface area (Å²) in [7, 11) is 0. The monoisotopic (exact) mass is 275 g/mol. The van der Waals surface area contributed by atoms with E-state index in [9.17, 15) is 4.79 Å². The molecule has 1 aliphatic heterocycles. The van der Waals surface area contributed by atoms with Crippen LogP contribution >= 0.6 is 15.9 Å². The summed E-state index contributed by atoms with van der Waals surface area (Å²) in [5.74, 6) is 0.313. The highest BCUT2D eigenvalue weighted by molar-refractivity contribution is 9.09. The summed E-state index contributed by atoms with van der Waals surface area (Å²) in [5.41, 5.74) is -0.234. The maximum Gasteiger partial charge on any atom is 0.228 e. The summed E-state index contributed by atoms with van der Waals surface area (Å²) in [6.45, 7) is 6.98. The van der Waals surface area contributed by atoms with Crippen LogP contribution in [-0.4, -0.2) is 28.7 Å². The number of amides is 1. The number of alkyl halides is 1. The molecule has 1 heterocycles. The van der Waals surface area contributed by atoms with Gasteiger partial charge in [-0.1, -0.05) is 36.7 Å². The minimum Gasteiger partial charge on any atom is -0.339 e. The Morgan fingerprint density at radius 2 is 2.07 bits per heavy atom. The number of hydrogen-bond acceptors (Lipinski definition) is 1. The van der Waals surface area contributed by atoms with Gasteiger partial charge in [0.1, 0.15) is 0 Å². The van der Waals surface area contributed by atoms with E-state index in [1.54, 1.807) is 0 Å². The number of nitrogens with zero attached hydrogens (tertiary/aromatic N) is 1. The van der Waals surface area contributed by atoms with Crippen LogP contribution in [0.2, 0.25) is 0 Å². The molecule has 0 aromatic carbocycles. The molecule has 1 amide bonds. The summed E-state index contributed by atoms with van der Waals surface area (Å²) >= 11 is 3.47. The molecule has 1 atom stereocenters. The van der Waals surface area contributed by atoms with Crippen molar-refractivity contribution in [3.8, 4) is 0 Å². The highest BCUT2D eigenvalue weighted by atomic mass is 79.9. The van der Waals surface area contributed by atoms with Gasteiger partial charge in [-0.05, 0) is 25.7 Å². The predicted octanol–water partition coefficient (Wildman–Crippen LogP) is 3.20. The van der Waals surface area contributed by atoms with E-state index in [1.807, 2.05) is 20.8 Å². The lowest BCUT2D eigenvalue weighted by Crippen LogP contribution is -2.48. The first kappa shape index (κ1) is 13.0. The van der Waals surface area contributed by atoms with Crippen LogP contribution in [0.1, 0.15) is 46.5 Å². The van der Waals surface area contributed by atoms with Gasteiger partial charge in [0, 0.05) is 23.3 Å². The van der Waals surface area contributed by atoms with Gasteiger partial charge in [-0.2, -0.15) is 0 Å². The van der Waals surface area contributed by atoms with Crippen LogP contribution in [0.15, 0.2) is 0 Å². The van der Waals surface area contributed by atoms with Crippen molar-refractivity contribution in [1.29, 1.82) is 0 Å². The molecular weight excluding hydrogens is 254 g/mol. The van der Waals surface area contributed by atoms with E-state index >= 15 is 0 Å². The quantitative estimate of drug-likeness (QED) is 0.709. The molecule has 1 fully saturated rings. The number of hydrogen-bond donors (Lipinski definition) is 0. The van der Waals surface area contributed by atoms with Crippen LogP contribution in [0.25, 0.3) is 0 Å². The van der Waals surface area contributed by atoms with Crippen molar-refractivity contribution in [3.05, 3.63) is 0 Å². The third-order valence-corrected chi connectivity index (χ3v) is 3.43. The van der Waals surface area contributed by atoms with E-state index in [0.29, 0.717) is 11.9 Å². The SMILES string of the molecule is CC(C)(C)C(=O)N1CCCCC1CCBr. The molecule has 0 radical (unpaired) electrons. The first-order valence-electron chi connectivity index (χ1n) is 5.84. The van der Waals surface area contributed by atoms with Gasteiger partial charge in [-0.25, -0.2) is 0 Å². The summed E-state index contributed by atoms with van der Waals surface area (Å²) in [5, 5.41) is 0.992. The van der Waals surface area contributed by atoms with Gasteiger partial charge in [-0.3, -0.25) is 4.79 Å². The lowest BCUT2D eigenvalue weighted by molar-refractivity contribution is -0.143. The van der Waals surface area contributed by atoms with Crippen LogP contribution in [0.4, 0.5) is 0 Å². The number of rotatable bonds is 2. The Labute approximate surface area is 102 Å². The topological polar surface area (TPSA) is 20.3 Å². The van der Waals surface area contributed by atoms with Crippen LogP contribution in [0.3, 0.4) is 0 Å². The molecular formula is C12H22BrNO. The van der Waals surface area contributed by atoms with E-state index in [4.69, 9.17) is 0 Å². The summed E-state index contributed by atoms with van der Waals surface area (Å²) in [6, 6.07) is 0.463. The number of carbonyl (C=O) groups is 1. The van der Waals surface area contributed by atoms with E-state index in [1.165, 1.54) is 19.3 Å². The van der Waals surface area contributed by atoms with Crippen molar-refractivity contribution in [2.75, 3.05) is 11.9 Å². The van der Waals surface area contributed by atoms with E-state index in [2.05, 4.69) is 20.8 Å². The lowest BCUT2D eigenvalue weighted by atomic mass is 9.91. The Hall–Kier alpha value is -0.0500. The summed E-state index contributed by atoms with van der Waals surface area (Å²) in [4.78, 5) is 14.3. The molecule has 1 aliphatic rings. The zero-order valence-corrected chi connectivity index (χ0v) is 11.6. The van der Waals surface area contributed by atoms with E-state index in [-0.39, 0.29) is 5.41 Å². The fraction of sp³-hybridized carbons (Fsp3) is 0.917. The Bertz CT molecular complexity index is 220. The smallest absolute Gasteiger partial charge is 0.228 e. The Balaban J connectivity index is 2.67. The maximum atomic E-state index is 12.2. The minimum atomic E-state index is -0.234. The van der Waals surface area contributed by atoms with Crippen molar-refractivity contribution in [2.24, 2.45) is 5.41 Å². The molecule has 1 saturated heterocycles. The second-order valence-corrected chi connectivity index (χ2v) is 6.17. The van der Waals surface area contributed by atoms with Gasteiger partial charge in [0.25, 0.3) is 0 Å². The van der Waals surface area contributed by atoms with Crippen LogP contribution in [0.5, 0.6) is 0 Å². The molecule has 1 rings (SSSR count). The van der Waals surface area contributed by atoms with Crippen molar-refractivity contribution in [3.63, 3.8) is 0 Å². The fourth-order valence-corrected chi connectivity index (χ4v) is 2.65. The van der Waals surface area contributed by atoms with Crippen LogP contribution in [0, 0.1) is 5.41 Å². The maximum absolute atomic E-state index is 12.2. The Kier molecular flexibility index (Phi) is 4.63. The first-order chi connectivity index (χ1) is 6.96. The fourth-order valence-electron chi connectivity index (χ4n) is 2.12. The molecule has 0 N–H and O–H groups in total. The van der Waals surface area contributed by atoms with E-state index in [0.717, 1.165) is 18.3 Å². The van der Waals surface area contributed by atoms with Crippen LogP contribution in [-0.2, 0) is 4.79 Å². The normalized spacial score (nSPS) is 22.9. The molecule has 0 saturated carbocycles. The molecule has 3 heteroatoms. The zero-order valence-electron chi connectivity index (χ0n) is 10.1. The van der Waals surface area contributed by atoms with Gasteiger partial charge in [0.2, 0.25) is 5.91 Å². The minimum absolute atomic E-state index is 0.234. The molecule has 88 valence electrons. The van der Waals surface area contributed by atoms with Gasteiger partial charge in [-0.15, -0.1) is 0 Å². The van der Waals surface area contributed by atoms with Gasteiger partial charge >= 0.3 is 0 Å². The average molecular weight is 276 g/mol. The predicted molar refractivity (Wildman–Crippen MR) is 67.2 cm³/mol. The zero-order chi connectivity index (χ0) is 11.5. The first-order valence-corrected chi connectivity index (χ1v) is 6.96.